The molecule has 3 N–H and O–H groups in total. The van der Waals surface area contributed by atoms with Gasteiger partial charge in [-0.2, -0.15) is 0 Å². The molecule has 1 rings (SSSR count). The van der Waals surface area contributed by atoms with E-state index in [2.05, 4.69) is 0 Å². The van der Waals surface area contributed by atoms with Gasteiger partial charge >= 0.3 is 0 Å². The lowest BCUT2D eigenvalue weighted by Gasteiger charge is -2.19. The molecule has 0 aliphatic carbocycles. The zero-order valence-corrected chi connectivity index (χ0v) is 9.06. The minimum absolute atomic E-state index is 0. The van der Waals surface area contributed by atoms with Crippen LogP contribution >= 0.6 is 12.4 Å². The Hall–Kier alpha value is -0.650. The number of hydrogen-bond acceptors (Lipinski definition) is 3. The van der Waals surface area contributed by atoms with Gasteiger partial charge in [0.25, 0.3) is 5.92 Å². The van der Waals surface area contributed by atoms with Crippen LogP contribution in [-0.4, -0.2) is 17.6 Å². The zero-order valence-electron chi connectivity index (χ0n) is 8.24. The Labute approximate surface area is 92.7 Å². The van der Waals surface area contributed by atoms with Gasteiger partial charge in [-0.15, -0.1) is 12.4 Å². The smallest absolute Gasteiger partial charge is 0.292 e. The minimum Gasteiger partial charge on any atom is -0.464 e. The Morgan fingerprint density at radius 1 is 1.53 bits per heavy atom. The van der Waals surface area contributed by atoms with Crippen molar-refractivity contribution in [3.05, 3.63) is 23.7 Å². The maximum Gasteiger partial charge on any atom is 0.292 e. The summed E-state index contributed by atoms with van der Waals surface area (Å²) in [7, 11) is 0. The van der Waals surface area contributed by atoms with Crippen molar-refractivity contribution < 1.29 is 18.3 Å². The number of aryl methyl sites for hydroxylation is 1. The molecule has 0 spiro atoms. The van der Waals surface area contributed by atoms with Crippen LogP contribution in [0.1, 0.15) is 24.5 Å². The molecule has 1 aromatic heterocycles. The maximum atomic E-state index is 12.9. The van der Waals surface area contributed by atoms with E-state index in [0.717, 1.165) is 0 Å². The fourth-order valence-electron chi connectivity index (χ4n) is 1.06. The molecule has 0 unspecified atom stereocenters. The fraction of sp³-hybridized carbons (Fsp3) is 0.556. The highest BCUT2D eigenvalue weighted by Gasteiger charge is 2.39. The van der Waals surface area contributed by atoms with E-state index < -0.39 is 18.6 Å². The summed E-state index contributed by atoms with van der Waals surface area (Å²) in [5, 5.41) is 8.42. The van der Waals surface area contributed by atoms with Crippen LogP contribution in [0.15, 0.2) is 16.5 Å². The first-order valence-corrected chi connectivity index (χ1v) is 4.34. The van der Waals surface area contributed by atoms with Crippen LogP contribution in [0.25, 0.3) is 0 Å². The number of furan rings is 1. The third kappa shape index (κ3) is 3.15. The normalized spacial score (nSPS) is 13.4. The first-order valence-electron chi connectivity index (χ1n) is 4.34. The van der Waals surface area contributed by atoms with E-state index in [-0.39, 0.29) is 18.2 Å². The number of hydrogen-bond donors (Lipinski definition) is 2. The molecule has 1 atom stereocenters. The summed E-state index contributed by atoms with van der Waals surface area (Å²) in [6, 6.07) is 1.42. The van der Waals surface area contributed by atoms with Crippen LogP contribution in [0.2, 0.25) is 0 Å². The molecule has 3 nitrogen and oxygen atoms in total. The Balaban J connectivity index is 0.00000196. The van der Waals surface area contributed by atoms with Crippen LogP contribution in [0.4, 0.5) is 8.78 Å². The predicted molar refractivity (Wildman–Crippen MR) is 54.3 cm³/mol. The molecule has 0 radical (unpaired) electrons. The summed E-state index contributed by atoms with van der Waals surface area (Å²) in [4.78, 5) is 0. The van der Waals surface area contributed by atoms with Gasteiger partial charge in [-0.05, 0) is 12.1 Å². The number of aliphatic hydroxyl groups excluding tert-OH is 1. The topological polar surface area (TPSA) is 59.4 Å². The second kappa shape index (κ2) is 5.44. The Kier molecular flexibility index (Phi) is 5.20. The number of rotatable bonds is 4. The van der Waals surface area contributed by atoms with Gasteiger partial charge in [0.15, 0.2) is 0 Å². The standard InChI is InChI=1S/C9H13F2NO2.ClH/c1-2-6-3-4-7(14-6)8(12)9(10,11)5-13;/h3-4,8,13H,2,5,12H2,1H3;1H/t8-;/m0./s1. The van der Waals surface area contributed by atoms with E-state index in [1.54, 1.807) is 6.07 Å². The van der Waals surface area contributed by atoms with Crippen molar-refractivity contribution in [3.8, 4) is 0 Å². The molecule has 1 aromatic rings. The van der Waals surface area contributed by atoms with Crippen molar-refractivity contribution >= 4 is 12.4 Å². The van der Waals surface area contributed by atoms with E-state index in [1.807, 2.05) is 6.92 Å². The minimum atomic E-state index is -3.34. The van der Waals surface area contributed by atoms with Gasteiger partial charge in [0.2, 0.25) is 0 Å². The van der Waals surface area contributed by atoms with E-state index in [1.165, 1.54) is 6.07 Å². The van der Waals surface area contributed by atoms with Crippen molar-refractivity contribution in [2.45, 2.75) is 25.3 Å². The van der Waals surface area contributed by atoms with Crippen LogP contribution < -0.4 is 5.73 Å². The molecule has 0 fully saturated rings. The van der Waals surface area contributed by atoms with E-state index in [9.17, 15) is 8.78 Å². The van der Waals surface area contributed by atoms with Crippen LogP contribution in [0.3, 0.4) is 0 Å². The fourth-order valence-corrected chi connectivity index (χ4v) is 1.06. The van der Waals surface area contributed by atoms with Gasteiger partial charge in [0.1, 0.15) is 24.2 Å². The summed E-state index contributed by atoms with van der Waals surface area (Å²) in [6.45, 7) is 0.564. The van der Waals surface area contributed by atoms with Crippen LogP contribution in [0.5, 0.6) is 0 Å². The van der Waals surface area contributed by atoms with Gasteiger partial charge < -0.3 is 15.3 Å². The molecule has 0 aliphatic rings. The summed E-state index contributed by atoms with van der Waals surface area (Å²) >= 11 is 0. The number of nitrogens with two attached hydrogens (primary N) is 1. The van der Waals surface area contributed by atoms with Crippen LogP contribution in [-0.2, 0) is 6.42 Å². The molecule has 88 valence electrons. The molecular weight excluding hydrogens is 228 g/mol. The van der Waals surface area contributed by atoms with Gasteiger partial charge in [-0.3, -0.25) is 0 Å². The molecule has 0 amide bonds. The number of halogens is 3. The molecule has 0 saturated heterocycles. The Bertz CT molecular complexity index is 304. The predicted octanol–water partition coefficient (Wildman–Crippen LogP) is 1.89. The first-order chi connectivity index (χ1) is 6.51. The van der Waals surface area contributed by atoms with E-state index in [4.69, 9.17) is 15.3 Å². The molecule has 1 heterocycles. The van der Waals surface area contributed by atoms with Crippen molar-refractivity contribution in [3.63, 3.8) is 0 Å². The summed E-state index contributed by atoms with van der Waals surface area (Å²) in [6.07, 6.45) is 0.622. The molecular formula is C9H14ClF2NO2. The molecule has 0 bridgehead atoms. The van der Waals surface area contributed by atoms with Gasteiger partial charge in [-0.1, -0.05) is 6.92 Å². The van der Waals surface area contributed by atoms with Gasteiger partial charge in [0, 0.05) is 6.42 Å². The quantitative estimate of drug-likeness (QED) is 0.846. The molecule has 0 saturated carbocycles. The lowest BCUT2D eigenvalue weighted by Crippen LogP contribution is -2.35. The molecule has 6 heteroatoms. The highest BCUT2D eigenvalue weighted by atomic mass is 35.5. The maximum absolute atomic E-state index is 12.9. The molecule has 0 aromatic carbocycles. The van der Waals surface area contributed by atoms with Crippen molar-refractivity contribution in [1.29, 1.82) is 0 Å². The largest absolute Gasteiger partial charge is 0.464 e. The number of aliphatic hydroxyl groups is 1. The summed E-state index contributed by atoms with van der Waals surface area (Å²) in [5.41, 5.74) is 5.25. The van der Waals surface area contributed by atoms with Crippen molar-refractivity contribution in [1.82, 2.24) is 0 Å². The average molecular weight is 242 g/mol. The molecule has 15 heavy (non-hydrogen) atoms. The zero-order chi connectivity index (χ0) is 10.8. The monoisotopic (exact) mass is 241 g/mol. The number of alkyl halides is 2. The van der Waals surface area contributed by atoms with Crippen molar-refractivity contribution in [2.24, 2.45) is 5.73 Å². The highest BCUT2D eigenvalue weighted by Crippen LogP contribution is 2.29. The van der Waals surface area contributed by atoms with Gasteiger partial charge in [0.05, 0.1) is 0 Å². The Morgan fingerprint density at radius 2 is 2.13 bits per heavy atom. The van der Waals surface area contributed by atoms with Gasteiger partial charge in [-0.25, -0.2) is 8.78 Å². The third-order valence-corrected chi connectivity index (χ3v) is 2.00. The SMILES string of the molecule is CCc1ccc([C@H](N)C(F)(F)CO)o1.Cl. The summed E-state index contributed by atoms with van der Waals surface area (Å²) in [5.74, 6) is -2.74. The lowest BCUT2D eigenvalue weighted by atomic mass is 10.1. The first kappa shape index (κ1) is 14.3. The Morgan fingerprint density at radius 3 is 2.53 bits per heavy atom. The molecule has 0 aliphatic heterocycles. The third-order valence-electron chi connectivity index (χ3n) is 2.00. The van der Waals surface area contributed by atoms with E-state index in [0.29, 0.717) is 12.2 Å². The second-order valence-electron chi connectivity index (χ2n) is 3.05. The second-order valence-corrected chi connectivity index (χ2v) is 3.05. The van der Waals surface area contributed by atoms with E-state index >= 15 is 0 Å². The lowest BCUT2D eigenvalue weighted by molar-refractivity contribution is -0.0756. The summed E-state index contributed by atoms with van der Waals surface area (Å²) < 4.78 is 30.9. The highest BCUT2D eigenvalue weighted by molar-refractivity contribution is 5.85. The van der Waals surface area contributed by atoms with Crippen molar-refractivity contribution in [2.75, 3.05) is 6.61 Å². The van der Waals surface area contributed by atoms with Crippen LogP contribution in [0, 0.1) is 0 Å². The average Bonchev–Trinajstić information content (AvgIpc) is 2.64.